The first-order chi connectivity index (χ1) is 13.7. The van der Waals surface area contributed by atoms with Gasteiger partial charge >= 0.3 is 5.97 Å². The summed E-state index contributed by atoms with van der Waals surface area (Å²) in [5, 5.41) is 0. The average molecular weight is 379 g/mol. The minimum absolute atomic E-state index is 0.284. The lowest BCUT2D eigenvalue weighted by molar-refractivity contribution is -0.131. The lowest BCUT2D eigenvalue weighted by Crippen LogP contribution is -2.13. The number of benzene rings is 2. The van der Waals surface area contributed by atoms with Crippen LogP contribution in [-0.2, 0) is 4.79 Å². The summed E-state index contributed by atoms with van der Waals surface area (Å²) in [5.74, 6) is 2.00. The summed E-state index contributed by atoms with van der Waals surface area (Å²) < 4.78 is 5.11. The highest BCUT2D eigenvalue weighted by atomic mass is 16.5. The molecule has 150 valence electrons. The molecule has 2 aromatic carbocycles. The van der Waals surface area contributed by atoms with Gasteiger partial charge in [0.25, 0.3) is 0 Å². The van der Waals surface area contributed by atoms with Gasteiger partial charge < -0.3 is 4.74 Å². The van der Waals surface area contributed by atoms with E-state index in [1.165, 1.54) is 75.8 Å². The molecule has 0 N–H and O–H groups in total. The zero-order valence-electron chi connectivity index (χ0n) is 17.5. The van der Waals surface area contributed by atoms with Crippen LogP contribution in [-0.4, -0.2) is 5.97 Å². The standard InChI is InChI=1S/C26H34O2/c1-3-4-5-6-7-21-8-10-22(11-9-21)23-12-14-24(15-13-23)25-16-18-26(19-17-25)28-20(2)27/h12-19,21-22H,3-11H2,1-2H3. The first kappa shape index (κ1) is 20.6. The molecule has 3 rings (SSSR count). The second kappa shape index (κ2) is 10.5. The van der Waals surface area contributed by atoms with E-state index < -0.39 is 0 Å². The highest BCUT2D eigenvalue weighted by Gasteiger charge is 2.22. The van der Waals surface area contributed by atoms with Crippen molar-refractivity contribution in [3.05, 3.63) is 54.1 Å². The summed E-state index contributed by atoms with van der Waals surface area (Å²) in [7, 11) is 0. The molecule has 0 atom stereocenters. The van der Waals surface area contributed by atoms with Crippen molar-refractivity contribution in [3.8, 4) is 16.9 Å². The Hall–Kier alpha value is -2.09. The van der Waals surface area contributed by atoms with Gasteiger partial charge in [-0.1, -0.05) is 75.4 Å². The summed E-state index contributed by atoms with van der Waals surface area (Å²) in [6.45, 7) is 3.71. The smallest absolute Gasteiger partial charge is 0.308 e. The van der Waals surface area contributed by atoms with Crippen LogP contribution in [0.15, 0.2) is 48.5 Å². The maximum Gasteiger partial charge on any atom is 0.308 e. The molecule has 2 aromatic rings. The second-order valence-corrected chi connectivity index (χ2v) is 8.31. The number of unbranched alkanes of at least 4 members (excludes halogenated alkanes) is 3. The Morgan fingerprint density at radius 1 is 0.857 bits per heavy atom. The molecular formula is C26H34O2. The SMILES string of the molecule is CCCCCCC1CCC(c2ccc(-c3ccc(OC(C)=O)cc3)cc2)CC1. The van der Waals surface area contributed by atoms with Gasteiger partial charge in [-0.2, -0.15) is 0 Å². The van der Waals surface area contributed by atoms with Crippen LogP contribution in [0.1, 0.15) is 83.1 Å². The molecule has 0 aliphatic heterocycles. The Morgan fingerprint density at radius 3 is 2.04 bits per heavy atom. The lowest BCUT2D eigenvalue weighted by atomic mass is 9.77. The second-order valence-electron chi connectivity index (χ2n) is 8.31. The Bertz CT molecular complexity index is 722. The maximum atomic E-state index is 11.0. The number of hydrogen-bond donors (Lipinski definition) is 0. The molecule has 2 nitrogen and oxygen atoms in total. The first-order valence-electron chi connectivity index (χ1n) is 11.0. The van der Waals surface area contributed by atoms with Crippen LogP contribution in [0.3, 0.4) is 0 Å². The largest absolute Gasteiger partial charge is 0.427 e. The van der Waals surface area contributed by atoms with Crippen molar-refractivity contribution in [2.75, 3.05) is 0 Å². The van der Waals surface area contributed by atoms with Crippen molar-refractivity contribution < 1.29 is 9.53 Å². The highest BCUT2D eigenvalue weighted by Crippen LogP contribution is 2.38. The van der Waals surface area contributed by atoms with Gasteiger partial charge in [-0.05, 0) is 66.3 Å². The van der Waals surface area contributed by atoms with Crippen LogP contribution in [0.25, 0.3) is 11.1 Å². The number of hydrogen-bond acceptors (Lipinski definition) is 2. The summed E-state index contributed by atoms with van der Waals surface area (Å²) in [4.78, 5) is 11.0. The summed E-state index contributed by atoms with van der Waals surface area (Å²) in [6, 6.07) is 16.8. The lowest BCUT2D eigenvalue weighted by Gasteiger charge is -2.29. The number of rotatable bonds is 8. The molecule has 0 aromatic heterocycles. The first-order valence-corrected chi connectivity index (χ1v) is 11.0. The minimum atomic E-state index is -0.284. The highest BCUT2D eigenvalue weighted by molar-refractivity contribution is 5.70. The van der Waals surface area contributed by atoms with Gasteiger partial charge in [-0.3, -0.25) is 4.79 Å². The minimum Gasteiger partial charge on any atom is -0.427 e. The Kier molecular flexibility index (Phi) is 7.71. The molecule has 1 aliphatic rings. The van der Waals surface area contributed by atoms with E-state index in [9.17, 15) is 4.79 Å². The molecule has 0 amide bonds. The van der Waals surface area contributed by atoms with E-state index in [2.05, 4.69) is 31.2 Å². The van der Waals surface area contributed by atoms with E-state index in [1.54, 1.807) is 0 Å². The van der Waals surface area contributed by atoms with E-state index in [0.717, 1.165) is 17.4 Å². The predicted molar refractivity (Wildman–Crippen MR) is 117 cm³/mol. The average Bonchev–Trinajstić information content (AvgIpc) is 2.72. The summed E-state index contributed by atoms with van der Waals surface area (Å²) in [6.07, 6.45) is 12.5. The third kappa shape index (κ3) is 5.95. The Labute approximate surface area is 170 Å². The van der Waals surface area contributed by atoms with Gasteiger partial charge in [0.05, 0.1) is 0 Å². The van der Waals surface area contributed by atoms with Crippen LogP contribution in [0.4, 0.5) is 0 Å². The third-order valence-corrected chi connectivity index (χ3v) is 6.14. The summed E-state index contributed by atoms with van der Waals surface area (Å²) >= 11 is 0. The number of esters is 1. The molecule has 28 heavy (non-hydrogen) atoms. The van der Waals surface area contributed by atoms with Gasteiger partial charge in [-0.15, -0.1) is 0 Å². The van der Waals surface area contributed by atoms with Gasteiger partial charge in [0.2, 0.25) is 0 Å². The van der Waals surface area contributed by atoms with Crippen molar-refractivity contribution >= 4 is 5.97 Å². The number of carbonyl (C=O) groups is 1. The molecule has 1 saturated carbocycles. The van der Waals surface area contributed by atoms with Crippen LogP contribution in [0.5, 0.6) is 5.75 Å². The Morgan fingerprint density at radius 2 is 1.46 bits per heavy atom. The monoisotopic (exact) mass is 378 g/mol. The van der Waals surface area contributed by atoms with Crippen LogP contribution < -0.4 is 4.74 Å². The fourth-order valence-electron chi connectivity index (χ4n) is 4.47. The van der Waals surface area contributed by atoms with Crippen molar-refractivity contribution in [3.63, 3.8) is 0 Å². The third-order valence-electron chi connectivity index (χ3n) is 6.14. The van der Waals surface area contributed by atoms with E-state index in [4.69, 9.17) is 4.74 Å². The predicted octanol–water partition coefficient (Wildman–Crippen LogP) is 7.52. The molecular weight excluding hydrogens is 344 g/mol. The van der Waals surface area contributed by atoms with Gasteiger partial charge in [0, 0.05) is 6.92 Å². The molecule has 0 saturated heterocycles. The molecule has 2 heteroatoms. The molecule has 1 aliphatic carbocycles. The zero-order valence-corrected chi connectivity index (χ0v) is 17.5. The van der Waals surface area contributed by atoms with Crippen LogP contribution in [0.2, 0.25) is 0 Å². The zero-order chi connectivity index (χ0) is 19.8. The fraction of sp³-hybridized carbons (Fsp3) is 0.500. The van der Waals surface area contributed by atoms with Crippen LogP contribution >= 0.6 is 0 Å². The van der Waals surface area contributed by atoms with E-state index in [1.807, 2.05) is 24.3 Å². The molecule has 0 spiro atoms. The van der Waals surface area contributed by atoms with Crippen molar-refractivity contribution in [2.45, 2.75) is 77.6 Å². The van der Waals surface area contributed by atoms with E-state index in [-0.39, 0.29) is 5.97 Å². The van der Waals surface area contributed by atoms with Gasteiger partial charge in [0.15, 0.2) is 0 Å². The van der Waals surface area contributed by atoms with Crippen LogP contribution in [0, 0.1) is 5.92 Å². The maximum absolute atomic E-state index is 11.0. The normalized spacial score (nSPS) is 19.4. The van der Waals surface area contributed by atoms with E-state index >= 15 is 0 Å². The summed E-state index contributed by atoms with van der Waals surface area (Å²) in [5.41, 5.74) is 3.85. The number of carbonyl (C=O) groups excluding carboxylic acids is 1. The topological polar surface area (TPSA) is 26.3 Å². The fourth-order valence-corrected chi connectivity index (χ4v) is 4.47. The van der Waals surface area contributed by atoms with Crippen molar-refractivity contribution in [2.24, 2.45) is 5.92 Å². The molecule has 1 fully saturated rings. The molecule has 0 heterocycles. The van der Waals surface area contributed by atoms with Crippen molar-refractivity contribution in [1.29, 1.82) is 0 Å². The number of ether oxygens (including phenoxy) is 1. The quantitative estimate of drug-likeness (QED) is 0.270. The van der Waals surface area contributed by atoms with Crippen molar-refractivity contribution in [1.82, 2.24) is 0 Å². The molecule has 0 unspecified atom stereocenters. The van der Waals surface area contributed by atoms with E-state index in [0.29, 0.717) is 5.75 Å². The van der Waals surface area contributed by atoms with Gasteiger partial charge in [-0.25, -0.2) is 0 Å². The molecule has 0 radical (unpaired) electrons. The Balaban J connectivity index is 1.51. The van der Waals surface area contributed by atoms with Gasteiger partial charge in [0.1, 0.15) is 5.75 Å². The molecule has 0 bridgehead atoms.